The van der Waals surface area contributed by atoms with Crippen molar-refractivity contribution in [2.45, 2.75) is 19.8 Å². The molecule has 0 aromatic heterocycles. The number of thiol groups is 1. The Bertz CT molecular complexity index is 540. The summed E-state index contributed by atoms with van der Waals surface area (Å²) in [6.07, 6.45) is 1.09. The Morgan fingerprint density at radius 1 is 1.40 bits per heavy atom. The van der Waals surface area contributed by atoms with Crippen LogP contribution in [0, 0.1) is 5.92 Å². The minimum absolute atomic E-state index is 0.0463. The van der Waals surface area contributed by atoms with Gasteiger partial charge in [-0.3, -0.25) is 9.59 Å². The average molecular weight is 291 g/mol. The molecule has 0 bridgehead atoms. The Kier molecular flexibility index (Phi) is 4.79. The first-order valence-electron chi connectivity index (χ1n) is 6.47. The van der Waals surface area contributed by atoms with Gasteiger partial charge in [0.2, 0.25) is 11.8 Å². The number of carbonyl (C=O) groups is 2. The first-order chi connectivity index (χ1) is 9.60. The van der Waals surface area contributed by atoms with E-state index in [4.69, 9.17) is 0 Å². The van der Waals surface area contributed by atoms with Gasteiger partial charge in [-0.05, 0) is 17.7 Å². The van der Waals surface area contributed by atoms with E-state index in [-0.39, 0.29) is 17.7 Å². The van der Waals surface area contributed by atoms with E-state index >= 15 is 0 Å². The molecular formula is C14H17N3O2S. The molecule has 0 aliphatic carbocycles. The molecule has 1 aromatic rings. The molecule has 5 nitrogen and oxygen atoms in total. The Morgan fingerprint density at radius 2 is 2.10 bits per heavy atom. The van der Waals surface area contributed by atoms with E-state index in [1.54, 1.807) is 0 Å². The van der Waals surface area contributed by atoms with Crippen LogP contribution in [0.1, 0.15) is 25.3 Å². The van der Waals surface area contributed by atoms with Gasteiger partial charge in [-0.2, -0.15) is 17.7 Å². The largest absolute Gasteiger partial charge is 0.326 e. The molecule has 0 spiro atoms. The van der Waals surface area contributed by atoms with Gasteiger partial charge in [-0.1, -0.05) is 19.1 Å². The van der Waals surface area contributed by atoms with Gasteiger partial charge in [0, 0.05) is 30.2 Å². The minimum Gasteiger partial charge on any atom is -0.326 e. The number of nitrogens with zero attached hydrogens (tertiary/aromatic N) is 1. The third-order valence-electron chi connectivity index (χ3n) is 3.11. The van der Waals surface area contributed by atoms with Crippen molar-refractivity contribution >= 4 is 35.8 Å². The molecule has 1 aromatic carbocycles. The van der Waals surface area contributed by atoms with Crippen molar-refractivity contribution in [3.8, 4) is 0 Å². The van der Waals surface area contributed by atoms with Crippen molar-refractivity contribution in [2.24, 2.45) is 11.0 Å². The zero-order chi connectivity index (χ0) is 14.5. The second kappa shape index (κ2) is 6.56. The van der Waals surface area contributed by atoms with Gasteiger partial charge >= 0.3 is 0 Å². The van der Waals surface area contributed by atoms with Crippen LogP contribution < -0.4 is 10.7 Å². The second-order valence-electron chi connectivity index (χ2n) is 4.74. The van der Waals surface area contributed by atoms with Crippen LogP contribution in [-0.4, -0.2) is 23.3 Å². The van der Waals surface area contributed by atoms with Crippen molar-refractivity contribution in [3.05, 3.63) is 29.8 Å². The van der Waals surface area contributed by atoms with Crippen LogP contribution in [-0.2, 0) is 9.59 Å². The number of hydrogen-bond acceptors (Lipinski definition) is 4. The van der Waals surface area contributed by atoms with Crippen molar-refractivity contribution < 1.29 is 9.59 Å². The lowest BCUT2D eigenvalue weighted by Gasteiger charge is -2.13. The summed E-state index contributed by atoms with van der Waals surface area (Å²) in [5.74, 6) is 0.282. The number of anilines is 1. The van der Waals surface area contributed by atoms with Crippen molar-refractivity contribution in [3.63, 3.8) is 0 Å². The fraction of sp³-hybridized carbons (Fsp3) is 0.357. The first kappa shape index (κ1) is 14.6. The summed E-state index contributed by atoms with van der Waals surface area (Å²) >= 11 is 4.10. The molecule has 1 aliphatic rings. The molecular weight excluding hydrogens is 274 g/mol. The summed E-state index contributed by atoms with van der Waals surface area (Å²) in [6, 6.07) is 7.43. The van der Waals surface area contributed by atoms with Crippen LogP contribution in [0.4, 0.5) is 5.69 Å². The molecule has 0 fully saturated rings. The van der Waals surface area contributed by atoms with E-state index < -0.39 is 0 Å². The molecule has 0 radical (unpaired) electrons. The molecule has 1 heterocycles. The van der Waals surface area contributed by atoms with Gasteiger partial charge in [0.1, 0.15) is 0 Å². The van der Waals surface area contributed by atoms with Crippen molar-refractivity contribution in [1.82, 2.24) is 5.43 Å². The predicted molar refractivity (Wildman–Crippen MR) is 82.0 cm³/mol. The van der Waals surface area contributed by atoms with Crippen LogP contribution in [0.2, 0.25) is 0 Å². The van der Waals surface area contributed by atoms with Gasteiger partial charge in [-0.25, -0.2) is 5.43 Å². The Balaban J connectivity index is 2.03. The fourth-order valence-electron chi connectivity index (χ4n) is 1.78. The molecule has 0 saturated heterocycles. The summed E-state index contributed by atoms with van der Waals surface area (Å²) in [5, 5.41) is 6.86. The van der Waals surface area contributed by atoms with Crippen LogP contribution >= 0.6 is 12.6 Å². The predicted octanol–water partition coefficient (Wildman–Crippen LogP) is 1.81. The summed E-state index contributed by atoms with van der Waals surface area (Å²) in [4.78, 5) is 22.8. The quantitative estimate of drug-likeness (QED) is 0.740. The van der Waals surface area contributed by atoms with Crippen LogP contribution in [0.15, 0.2) is 29.4 Å². The molecule has 1 atom stereocenters. The maximum atomic E-state index is 11.7. The van der Waals surface area contributed by atoms with E-state index in [0.717, 1.165) is 17.0 Å². The Hall–Kier alpha value is -1.82. The lowest BCUT2D eigenvalue weighted by atomic mass is 10.0. The molecule has 0 saturated carbocycles. The van der Waals surface area contributed by atoms with E-state index in [1.165, 1.54) is 0 Å². The maximum Gasteiger partial charge on any atom is 0.240 e. The third kappa shape index (κ3) is 3.60. The summed E-state index contributed by atoms with van der Waals surface area (Å²) < 4.78 is 0. The van der Waals surface area contributed by atoms with Gasteiger partial charge in [0.15, 0.2) is 0 Å². The number of carbonyl (C=O) groups excluding carboxylic acids is 2. The highest BCUT2D eigenvalue weighted by Gasteiger charge is 2.14. The van der Waals surface area contributed by atoms with Crippen molar-refractivity contribution in [2.75, 3.05) is 11.1 Å². The molecule has 2 rings (SSSR count). The number of nitrogens with one attached hydrogen (secondary N) is 2. The average Bonchev–Trinajstić information content (AvgIpc) is 2.48. The van der Waals surface area contributed by atoms with Gasteiger partial charge < -0.3 is 5.32 Å². The lowest BCUT2D eigenvalue weighted by Crippen LogP contribution is -2.26. The molecule has 1 aliphatic heterocycles. The highest BCUT2D eigenvalue weighted by molar-refractivity contribution is 7.80. The first-order valence-corrected chi connectivity index (χ1v) is 7.11. The van der Waals surface area contributed by atoms with Gasteiger partial charge in [0.05, 0.1) is 5.71 Å². The number of hydrogen-bond donors (Lipinski definition) is 3. The Morgan fingerprint density at radius 3 is 2.65 bits per heavy atom. The standard InChI is InChI=1S/C14H17N3O2S/c1-9(8-20)14(19)15-11-4-2-10(3-5-11)12-6-7-13(18)17-16-12/h2-5,9,20H,6-8H2,1H3,(H,15,19)(H,17,18). The van der Waals surface area contributed by atoms with E-state index in [2.05, 4.69) is 28.5 Å². The third-order valence-corrected chi connectivity index (χ3v) is 3.66. The zero-order valence-electron chi connectivity index (χ0n) is 11.2. The van der Waals surface area contributed by atoms with E-state index in [0.29, 0.717) is 18.6 Å². The van der Waals surface area contributed by atoms with E-state index in [9.17, 15) is 9.59 Å². The minimum atomic E-state index is -0.129. The fourth-order valence-corrected chi connectivity index (χ4v) is 1.94. The Labute approximate surface area is 123 Å². The zero-order valence-corrected chi connectivity index (χ0v) is 12.1. The van der Waals surface area contributed by atoms with E-state index in [1.807, 2.05) is 31.2 Å². The molecule has 2 N–H and O–H groups in total. The van der Waals surface area contributed by atoms with Gasteiger partial charge in [0.25, 0.3) is 0 Å². The topological polar surface area (TPSA) is 70.6 Å². The van der Waals surface area contributed by atoms with Crippen LogP contribution in [0.5, 0.6) is 0 Å². The van der Waals surface area contributed by atoms with Gasteiger partial charge in [-0.15, -0.1) is 0 Å². The maximum absolute atomic E-state index is 11.7. The van der Waals surface area contributed by atoms with Crippen LogP contribution in [0.25, 0.3) is 0 Å². The monoisotopic (exact) mass is 291 g/mol. The van der Waals surface area contributed by atoms with Crippen molar-refractivity contribution in [1.29, 1.82) is 0 Å². The summed E-state index contributed by atoms with van der Waals surface area (Å²) in [6.45, 7) is 1.83. The van der Waals surface area contributed by atoms with Crippen LogP contribution in [0.3, 0.4) is 0 Å². The highest BCUT2D eigenvalue weighted by Crippen LogP contribution is 2.15. The smallest absolute Gasteiger partial charge is 0.240 e. The summed E-state index contributed by atoms with van der Waals surface area (Å²) in [7, 11) is 0. The number of hydrazone groups is 1. The SMILES string of the molecule is CC(CS)C(=O)Nc1ccc(C2=NNC(=O)CC2)cc1. The molecule has 1 unspecified atom stereocenters. The number of amides is 2. The lowest BCUT2D eigenvalue weighted by molar-refractivity contribution is -0.121. The normalized spacial score (nSPS) is 16.1. The molecule has 2 amide bonds. The molecule has 106 valence electrons. The highest BCUT2D eigenvalue weighted by atomic mass is 32.1. The number of benzene rings is 1. The number of rotatable bonds is 4. The second-order valence-corrected chi connectivity index (χ2v) is 5.11. The summed E-state index contributed by atoms with van der Waals surface area (Å²) in [5.41, 5.74) is 5.02. The molecule has 6 heteroatoms. The molecule has 20 heavy (non-hydrogen) atoms.